The van der Waals surface area contributed by atoms with Crippen molar-refractivity contribution in [2.24, 2.45) is 0 Å². The molecule has 0 spiro atoms. The number of rotatable bonds is 1. The minimum atomic E-state index is 0.629. The quantitative estimate of drug-likeness (QED) is 0.504. The molecule has 2 aromatic carbocycles. The number of halogens is 1. The Balaban J connectivity index is 1.91. The number of aromatic nitrogens is 2. The Morgan fingerprint density at radius 3 is 2.80 bits per heavy atom. The lowest BCUT2D eigenvalue weighted by Gasteiger charge is -1.98. The van der Waals surface area contributed by atoms with Crippen molar-refractivity contribution in [1.29, 1.82) is 0 Å². The highest BCUT2D eigenvalue weighted by molar-refractivity contribution is 9.10. The van der Waals surface area contributed by atoms with Crippen molar-refractivity contribution < 1.29 is 4.42 Å². The van der Waals surface area contributed by atoms with Gasteiger partial charge in [-0.15, -0.1) is 0 Å². The first-order valence-corrected chi connectivity index (χ1v) is 7.00. The second-order valence-corrected chi connectivity index (χ2v) is 5.46. The Hall–Kier alpha value is -2.20. The molecule has 4 rings (SSSR count). The summed E-state index contributed by atoms with van der Waals surface area (Å²) in [6.45, 7) is 0. The number of fused-ring (bicyclic) bond motifs is 2. The van der Waals surface area contributed by atoms with Crippen LogP contribution in [0.1, 0.15) is 0 Å². The molecule has 4 heteroatoms. The third-order valence-corrected chi connectivity index (χ3v) is 3.69. The molecule has 2 aromatic heterocycles. The molecule has 0 aliphatic carbocycles. The predicted molar refractivity (Wildman–Crippen MR) is 82.4 cm³/mol. The molecular weight excluding hydrogens is 316 g/mol. The summed E-state index contributed by atoms with van der Waals surface area (Å²) in [6.07, 6.45) is 1.79. The second-order valence-electron chi connectivity index (χ2n) is 4.54. The molecule has 20 heavy (non-hydrogen) atoms. The minimum absolute atomic E-state index is 0.629. The van der Waals surface area contributed by atoms with Gasteiger partial charge in [0.05, 0.1) is 5.52 Å². The number of hydrogen-bond acceptors (Lipinski definition) is 3. The molecule has 0 aliphatic rings. The van der Waals surface area contributed by atoms with Crippen molar-refractivity contribution in [3.63, 3.8) is 0 Å². The summed E-state index contributed by atoms with van der Waals surface area (Å²) >= 11 is 3.43. The molecule has 0 saturated carbocycles. The van der Waals surface area contributed by atoms with Crippen LogP contribution in [0.15, 0.2) is 63.6 Å². The Kier molecular flexibility index (Phi) is 2.57. The lowest BCUT2D eigenvalue weighted by atomic mass is 10.1. The van der Waals surface area contributed by atoms with E-state index in [-0.39, 0.29) is 0 Å². The zero-order chi connectivity index (χ0) is 13.5. The van der Waals surface area contributed by atoms with E-state index in [0.717, 1.165) is 32.0 Å². The average molecular weight is 325 g/mol. The standard InChI is InChI=1S/C16H9BrN2O/c17-12-4-6-14-15(9-12)20-16(19-14)11-3-5-13-10(8-11)2-1-7-18-13/h1-9H. The Morgan fingerprint density at radius 1 is 0.950 bits per heavy atom. The van der Waals surface area contributed by atoms with Gasteiger partial charge in [0.2, 0.25) is 5.89 Å². The van der Waals surface area contributed by atoms with Gasteiger partial charge in [-0.1, -0.05) is 22.0 Å². The van der Waals surface area contributed by atoms with Crippen LogP contribution in [0.3, 0.4) is 0 Å². The molecule has 0 fully saturated rings. The Labute approximate surface area is 123 Å². The summed E-state index contributed by atoms with van der Waals surface area (Å²) < 4.78 is 6.80. The molecule has 96 valence electrons. The van der Waals surface area contributed by atoms with Gasteiger partial charge in [-0.25, -0.2) is 4.98 Å². The molecule has 0 saturated heterocycles. The van der Waals surface area contributed by atoms with Gasteiger partial charge >= 0.3 is 0 Å². The molecule has 0 radical (unpaired) electrons. The van der Waals surface area contributed by atoms with Crippen LogP contribution >= 0.6 is 15.9 Å². The molecule has 0 aliphatic heterocycles. The fourth-order valence-corrected chi connectivity index (χ4v) is 2.57. The average Bonchev–Trinajstić information content (AvgIpc) is 2.89. The maximum absolute atomic E-state index is 5.82. The summed E-state index contributed by atoms with van der Waals surface area (Å²) in [5.41, 5.74) is 3.56. The topological polar surface area (TPSA) is 38.9 Å². The van der Waals surface area contributed by atoms with Gasteiger partial charge in [0.1, 0.15) is 5.52 Å². The lowest BCUT2D eigenvalue weighted by molar-refractivity contribution is 0.620. The first kappa shape index (κ1) is 11.6. The lowest BCUT2D eigenvalue weighted by Crippen LogP contribution is -1.80. The van der Waals surface area contributed by atoms with Gasteiger partial charge in [-0.2, -0.15) is 0 Å². The van der Waals surface area contributed by atoms with Gasteiger partial charge < -0.3 is 4.42 Å². The van der Waals surface area contributed by atoms with Gasteiger partial charge in [0.25, 0.3) is 0 Å². The Morgan fingerprint density at radius 2 is 1.85 bits per heavy atom. The fourth-order valence-electron chi connectivity index (χ4n) is 2.23. The zero-order valence-electron chi connectivity index (χ0n) is 10.4. The summed E-state index contributed by atoms with van der Waals surface area (Å²) in [5.74, 6) is 0.629. The third-order valence-electron chi connectivity index (χ3n) is 3.20. The zero-order valence-corrected chi connectivity index (χ0v) is 12.0. The van der Waals surface area contributed by atoms with Gasteiger partial charge in [-0.05, 0) is 42.5 Å². The van der Waals surface area contributed by atoms with E-state index in [1.165, 1.54) is 0 Å². The van der Waals surface area contributed by atoms with E-state index in [2.05, 4.69) is 25.9 Å². The maximum atomic E-state index is 5.82. The van der Waals surface area contributed by atoms with E-state index in [1.807, 2.05) is 48.5 Å². The first-order valence-electron chi connectivity index (χ1n) is 6.21. The van der Waals surface area contributed by atoms with Crippen LogP contribution in [0, 0.1) is 0 Å². The van der Waals surface area contributed by atoms with E-state index < -0.39 is 0 Å². The smallest absolute Gasteiger partial charge is 0.227 e. The number of pyridine rings is 1. The Bertz CT molecular complexity index is 930. The highest BCUT2D eigenvalue weighted by atomic mass is 79.9. The van der Waals surface area contributed by atoms with Gasteiger partial charge in [0, 0.05) is 21.6 Å². The largest absolute Gasteiger partial charge is 0.436 e. The molecule has 0 amide bonds. The van der Waals surface area contributed by atoms with Gasteiger partial charge in [-0.3, -0.25) is 4.98 Å². The van der Waals surface area contributed by atoms with Crippen LogP contribution in [-0.2, 0) is 0 Å². The van der Waals surface area contributed by atoms with Crippen LogP contribution in [-0.4, -0.2) is 9.97 Å². The van der Waals surface area contributed by atoms with Crippen molar-refractivity contribution >= 4 is 37.9 Å². The summed E-state index contributed by atoms with van der Waals surface area (Å²) in [7, 11) is 0. The highest BCUT2D eigenvalue weighted by Gasteiger charge is 2.09. The molecular formula is C16H9BrN2O. The predicted octanol–water partition coefficient (Wildman–Crippen LogP) is 4.81. The maximum Gasteiger partial charge on any atom is 0.227 e. The van der Waals surface area contributed by atoms with Crippen molar-refractivity contribution in [2.45, 2.75) is 0 Å². The van der Waals surface area contributed by atoms with Gasteiger partial charge in [0.15, 0.2) is 5.58 Å². The van der Waals surface area contributed by atoms with Crippen LogP contribution in [0.25, 0.3) is 33.5 Å². The van der Waals surface area contributed by atoms with Crippen LogP contribution in [0.5, 0.6) is 0 Å². The molecule has 0 atom stereocenters. The molecule has 0 bridgehead atoms. The van der Waals surface area contributed by atoms with Crippen molar-refractivity contribution in [3.8, 4) is 11.5 Å². The summed E-state index contributed by atoms with van der Waals surface area (Å²) in [4.78, 5) is 8.84. The molecule has 2 heterocycles. The summed E-state index contributed by atoms with van der Waals surface area (Å²) in [5, 5.41) is 1.08. The van der Waals surface area contributed by atoms with Crippen LogP contribution < -0.4 is 0 Å². The normalized spacial score (nSPS) is 11.2. The van der Waals surface area contributed by atoms with Crippen molar-refractivity contribution in [1.82, 2.24) is 9.97 Å². The fraction of sp³-hybridized carbons (Fsp3) is 0. The SMILES string of the molecule is Brc1ccc2nc(-c3ccc4ncccc4c3)oc2c1. The third kappa shape index (κ3) is 1.89. The van der Waals surface area contributed by atoms with Crippen LogP contribution in [0.2, 0.25) is 0 Å². The monoisotopic (exact) mass is 324 g/mol. The molecule has 0 unspecified atom stereocenters. The first-order chi connectivity index (χ1) is 9.79. The van der Waals surface area contributed by atoms with Crippen molar-refractivity contribution in [2.75, 3.05) is 0 Å². The number of oxazole rings is 1. The van der Waals surface area contributed by atoms with E-state index in [9.17, 15) is 0 Å². The minimum Gasteiger partial charge on any atom is -0.436 e. The number of nitrogens with zero attached hydrogens (tertiary/aromatic N) is 2. The second kappa shape index (κ2) is 4.42. The van der Waals surface area contributed by atoms with E-state index in [0.29, 0.717) is 5.89 Å². The van der Waals surface area contributed by atoms with Crippen LogP contribution in [0.4, 0.5) is 0 Å². The van der Waals surface area contributed by atoms with E-state index >= 15 is 0 Å². The van der Waals surface area contributed by atoms with E-state index in [1.54, 1.807) is 6.20 Å². The van der Waals surface area contributed by atoms with E-state index in [4.69, 9.17) is 4.42 Å². The summed E-state index contributed by atoms with van der Waals surface area (Å²) in [6, 6.07) is 15.8. The molecule has 0 N–H and O–H groups in total. The molecule has 4 aromatic rings. The molecule has 3 nitrogen and oxygen atoms in total. The number of benzene rings is 2. The van der Waals surface area contributed by atoms with Crippen molar-refractivity contribution in [3.05, 3.63) is 59.2 Å². The number of hydrogen-bond donors (Lipinski definition) is 0. The highest BCUT2D eigenvalue weighted by Crippen LogP contribution is 2.28.